The molecule has 8 nitrogen and oxygen atoms in total. The number of nitrogens with one attached hydrogen (secondary N) is 1. The Morgan fingerprint density at radius 3 is 2.42 bits per heavy atom. The van der Waals surface area contributed by atoms with Crippen LogP contribution in [0.15, 0.2) is 53.1 Å². The molecule has 1 heterocycles. The fourth-order valence-electron chi connectivity index (χ4n) is 7.95. The number of hydrogen-bond donors (Lipinski definition) is 4. The van der Waals surface area contributed by atoms with Crippen molar-refractivity contribution in [1.82, 2.24) is 5.32 Å². The van der Waals surface area contributed by atoms with E-state index in [4.69, 9.17) is 4.74 Å². The standard InChI is InChI=1S/C30H37NO7/c1-14-11-19-13-20-24(33)16(3)15(2)23-21(12-18-9-7-6-8-10-18)31-28(36)30(20,23)26(35)22(19)27(38-17(4)32)29(5,37)25(14)34/h6-11,14,20-24,26-27,33,35,37H,12-13H2,1-5H3,(H,31,36). The summed E-state index contributed by atoms with van der Waals surface area (Å²) in [4.78, 5) is 39.5. The Labute approximate surface area is 222 Å². The van der Waals surface area contributed by atoms with Gasteiger partial charge in [-0.15, -0.1) is 0 Å². The zero-order valence-corrected chi connectivity index (χ0v) is 22.5. The van der Waals surface area contributed by atoms with Crippen molar-refractivity contribution in [2.75, 3.05) is 0 Å². The molecule has 1 saturated carbocycles. The number of carbonyl (C=O) groups is 3. The fraction of sp³-hybridized carbons (Fsp3) is 0.567. The first kappa shape index (κ1) is 26.8. The van der Waals surface area contributed by atoms with Crippen LogP contribution in [0.4, 0.5) is 0 Å². The first-order chi connectivity index (χ1) is 17.8. The lowest BCUT2D eigenvalue weighted by molar-refractivity contribution is -0.194. The van der Waals surface area contributed by atoms with E-state index in [0.717, 1.165) is 16.7 Å². The molecular weight excluding hydrogens is 486 g/mol. The van der Waals surface area contributed by atoms with Crippen LogP contribution in [-0.4, -0.2) is 62.9 Å². The number of Topliss-reactive ketones (excluding diaryl/α,β-unsaturated/α-hetero) is 1. The van der Waals surface area contributed by atoms with Gasteiger partial charge in [0.05, 0.1) is 17.6 Å². The molecule has 10 atom stereocenters. The van der Waals surface area contributed by atoms with Crippen molar-refractivity contribution in [2.45, 2.75) is 77.4 Å². The number of esters is 1. The number of aliphatic hydroxyl groups excluding tert-OH is 2. The molecule has 1 aromatic rings. The van der Waals surface area contributed by atoms with Gasteiger partial charge in [0.2, 0.25) is 5.91 Å². The summed E-state index contributed by atoms with van der Waals surface area (Å²) < 4.78 is 5.59. The number of fused-ring (bicyclic) bond motifs is 1. The average molecular weight is 524 g/mol. The predicted molar refractivity (Wildman–Crippen MR) is 138 cm³/mol. The summed E-state index contributed by atoms with van der Waals surface area (Å²) in [5, 5.41) is 38.4. The molecule has 0 aromatic heterocycles. The lowest BCUT2D eigenvalue weighted by atomic mass is 9.47. The Kier molecular flexibility index (Phi) is 6.44. The van der Waals surface area contributed by atoms with E-state index in [1.165, 1.54) is 13.8 Å². The van der Waals surface area contributed by atoms with Crippen LogP contribution >= 0.6 is 0 Å². The van der Waals surface area contributed by atoms with E-state index in [1.807, 2.05) is 44.2 Å². The third-order valence-electron chi connectivity index (χ3n) is 9.71. The summed E-state index contributed by atoms with van der Waals surface area (Å²) in [6, 6.07) is 9.44. The highest BCUT2D eigenvalue weighted by Gasteiger charge is 2.72. The maximum atomic E-state index is 14.1. The van der Waals surface area contributed by atoms with Gasteiger partial charge in [0, 0.05) is 36.6 Å². The predicted octanol–water partition coefficient (Wildman–Crippen LogP) is 1.87. The molecule has 1 aliphatic heterocycles. The maximum absolute atomic E-state index is 14.1. The van der Waals surface area contributed by atoms with Crippen LogP contribution in [0.25, 0.3) is 0 Å². The summed E-state index contributed by atoms with van der Waals surface area (Å²) in [5.74, 6) is -4.40. The quantitative estimate of drug-likeness (QED) is 0.351. The monoisotopic (exact) mass is 523 g/mol. The molecule has 204 valence electrons. The lowest BCUT2D eigenvalue weighted by Crippen LogP contribution is -2.66. The number of allylic oxidation sites excluding steroid dienone is 1. The smallest absolute Gasteiger partial charge is 0.303 e. The van der Waals surface area contributed by atoms with Gasteiger partial charge in [-0.2, -0.15) is 0 Å². The van der Waals surface area contributed by atoms with Crippen molar-refractivity contribution in [2.24, 2.45) is 29.1 Å². The van der Waals surface area contributed by atoms with Crippen molar-refractivity contribution in [3.05, 3.63) is 58.7 Å². The van der Waals surface area contributed by atoms with Crippen LogP contribution in [0.2, 0.25) is 0 Å². The number of hydrogen-bond acceptors (Lipinski definition) is 7. The van der Waals surface area contributed by atoms with Crippen LogP contribution in [0.5, 0.6) is 0 Å². The van der Waals surface area contributed by atoms with Gasteiger partial charge in [-0.05, 0) is 44.7 Å². The Morgan fingerprint density at radius 2 is 1.79 bits per heavy atom. The van der Waals surface area contributed by atoms with Crippen LogP contribution in [-0.2, 0) is 25.5 Å². The molecule has 0 radical (unpaired) electrons. The number of rotatable bonds is 3. The topological polar surface area (TPSA) is 133 Å². The largest absolute Gasteiger partial charge is 0.458 e. The molecule has 5 rings (SSSR count). The highest BCUT2D eigenvalue weighted by molar-refractivity contribution is 5.92. The molecule has 1 amide bonds. The molecular formula is C30H37NO7. The zero-order valence-electron chi connectivity index (χ0n) is 22.5. The molecule has 1 spiro atoms. The summed E-state index contributed by atoms with van der Waals surface area (Å²) in [6.07, 6.45) is -1.33. The minimum atomic E-state index is -2.08. The Balaban J connectivity index is 1.69. The van der Waals surface area contributed by atoms with Gasteiger partial charge in [0.1, 0.15) is 6.10 Å². The summed E-state index contributed by atoms with van der Waals surface area (Å²) in [5.41, 5.74) is -0.257. The zero-order chi connectivity index (χ0) is 27.7. The fourth-order valence-corrected chi connectivity index (χ4v) is 7.95. The molecule has 4 aliphatic rings. The van der Waals surface area contributed by atoms with Gasteiger partial charge in [-0.25, -0.2) is 0 Å². The Hall–Kier alpha value is -2.81. The van der Waals surface area contributed by atoms with E-state index < -0.39 is 64.8 Å². The summed E-state index contributed by atoms with van der Waals surface area (Å²) in [7, 11) is 0. The SMILES string of the molecule is CC(=O)OC1C2C(=CC(C)C(=O)C1(C)O)CC1C(O)C(C)=C(C)C3C(Cc4ccccc4)NC(=O)C13C2O. The van der Waals surface area contributed by atoms with Gasteiger partial charge < -0.3 is 25.4 Å². The molecule has 3 aliphatic carbocycles. The van der Waals surface area contributed by atoms with Crippen LogP contribution in [0.3, 0.4) is 0 Å². The van der Waals surface area contributed by atoms with E-state index in [-0.39, 0.29) is 18.4 Å². The highest BCUT2D eigenvalue weighted by atomic mass is 16.6. The Morgan fingerprint density at radius 1 is 1.13 bits per heavy atom. The molecule has 4 N–H and O–H groups in total. The summed E-state index contributed by atoms with van der Waals surface area (Å²) in [6.45, 7) is 7.92. The van der Waals surface area contributed by atoms with Crippen LogP contribution < -0.4 is 5.32 Å². The minimum Gasteiger partial charge on any atom is -0.458 e. The van der Waals surface area contributed by atoms with E-state index in [1.54, 1.807) is 13.0 Å². The number of ether oxygens (including phenoxy) is 1. The molecule has 1 aromatic carbocycles. The molecule has 1 saturated heterocycles. The van der Waals surface area contributed by atoms with Crippen molar-refractivity contribution in [3.8, 4) is 0 Å². The molecule has 8 heteroatoms. The third kappa shape index (κ3) is 3.64. The number of amides is 1. The average Bonchev–Trinajstić information content (AvgIpc) is 3.12. The second kappa shape index (κ2) is 9.14. The minimum absolute atomic E-state index is 0.223. The normalized spacial score (nSPS) is 42.4. The van der Waals surface area contributed by atoms with Gasteiger partial charge >= 0.3 is 5.97 Å². The third-order valence-corrected chi connectivity index (χ3v) is 9.71. The number of aliphatic hydroxyl groups is 3. The van der Waals surface area contributed by atoms with Gasteiger partial charge in [-0.3, -0.25) is 14.4 Å². The molecule has 38 heavy (non-hydrogen) atoms. The van der Waals surface area contributed by atoms with Gasteiger partial charge in [0.25, 0.3) is 0 Å². The van der Waals surface area contributed by atoms with Crippen LogP contribution in [0, 0.1) is 29.1 Å². The second-order valence-corrected chi connectivity index (χ2v) is 11.8. The Bertz CT molecular complexity index is 1230. The second-order valence-electron chi connectivity index (χ2n) is 11.8. The van der Waals surface area contributed by atoms with Crippen molar-refractivity contribution in [1.29, 1.82) is 0 Å². The highest BCUT2D eigenvalue weighted by Crippen LogP contribution is 2.63. The van der Waals surface area contributed by atoms with Crippen molar-refractivity contribution < 1.29 is 34.4 Å². The van der Waals surface area contributed by atoms with E-state index in [9.17, 15) is 29.7 Å². The van der Waals surface area contributed by atoms with Crippen molar-refractivity contribution in [3.63, 3.8) is 0 Å². The number of ketones is 1. The van der Waals surface area contributed by atoms with E-state index >= 15 is 0 Å². The van der Waals surface area contributed by atoms with Gasteiger partial charge in [-0.1, -0.05) is 54.5 Å². The lowest BCUT2D eigenvalue weighted by Gasteiger charge is -2.57. The van der Waals surface area contributed by atoms with Crippen LogP contribution in [0.1, 0.15) is 46.6 Å². The van der Waals surface area contributed by atoms with E-state index in [2.05, 4.69) is 5.32 Å². The number of benzene rings is 1. The first-order valence-electron chi connectivity index (χ1n) is 13.4. The molecule has 10 unspecified atom stereocenters. The molecule has 2 fully saturated rings. The maximum Gasteiger partial charge on any atom is 0.303 e. The van der Waals surface area contributed by atoms with Crippen molar-refractivity contribution >= 4 is 17.7 Å². The summed E-state index contributed by atoms with van der Waals surface area (Å²) >= 11 is 0. The van der Waals surface area contributed by atoms with E-state index in [0.29, 0.717) is 12.0 Å². The van der Waals surface area contributed by atoms with Gasteiger partial charge in [0.15, 0.2) is 11.4 Å². The molecule has 0 bridgehead atoms. The number of carbonyl (C=O) groups excluding carboxylic acids is 3. The first-order valence-corrected chi connectivity index (χ1v) is 13.4.